The van der Waals surface area contributed by atoms with Crippen molar-refractivity contribution >= 4 is 0 Å². The van der Waals surface area contributed by atoms with Gasteiger partial charge in [0.25, 0.3) is 0 Å². The average molecular weight is 193 g/mol. The van der Waals surface area contributed by atoms with Crippen molar-refractivity contribution in [3.63, 3.8) is 0 Å². The van der Waals surface area contributed by atoms with Gasteiger partial charge in [-0.15, -0.1) is 0 Å². The average Bonchev–Trinajstić information content (AvgIpc) is 2.16. The molecule has 0 spiro atoms. The summed E-state index contributed by atoms with van der Waals surface area (Å²) in [6.07, 6.45) is 0. The molecule has 2 N–H and O–H groups in total. The molecule has 2 nitrogen and oxygen atoms in total. The Hall–Kier alpha value is -0.860. The van der Waals surface area contributed by atoms with Gasteiger partial charge < -0.3 is 10.4 Å². The molecule has 0 aliphatic rings. The number of aliphatic hydroxyl groups is 1. The van der Waals surface area contributed by atoms with Crippen LogP contribution in [-0.4, -0.2) is 17.8 Å². The fourth-order valence-electron chi connectivity index (χ4n) is 1.39. The molecule has 0 radical (unpaired) electrons. The van der Waals surface area contributed by atoms with Crippen LogP contribution in [0.3, 0.4) is 0 Å². The van der Waals surface area contributed by atoms with Crippen molar-refractivity contribution < 1.29 is 5.11 Å². The molecule has 14 heavy (non-hydrogen) atoms. The second-order valence-electron chi connectivity index (χ2n) is 3.89. The van der Waals surface area contributed by atoms with Gasteiger partial charge in [-0.2, -0.15) is 0 Å². The van der Waals surface area contributed by atoms with Crippen LogP contribution in [-0.2, 0) is 6.54 Å². The van der Waals surface area contributed by atoms with E-state index < -0.39 is 0 Å². The zero-order chi connectivity index (χ0) is 10.6. The van der Waals surface area contributed by atoms with Gasteiger partial charge in [0.05, 0.1) is 6.61 Å². The number of aliphatic hydroxyl groups excluding tert-OH is 1. The zero-order valence-corrected chi connectivity index (χ0v) is 9.17. The third-order valence-corrected chi connectivity index (χ3v) is 2.41. The van der Waals surface area contributed by atoms with Gasteiger partial charge in [-0.05, 0) is 31.9 Å². The van der Waals surface area contributed by atoms with Crippen LogP contribution in [0.2, 0.25) is 0 Å². The van der Waals surface area contributed by atoms with Crippen molar-refractivity contribution in [2.75, 3.05) is 6.61 Å². The van der Waals surface area contributed by atoms with Gasteiger partial charge in [0, 0.05) is 12.6 Å². The van der Waals surface area contributed by atoms with E-state index in [-0.39, 0.29) is 12.6 Å². The molecule has 1 aromatic rings. The molecule has 0 heterocycles. The van der Waals surface area contributed by atoms with Crippen LogP contribution in [0.25, 0.3) is 0 Å². The standard InChI is InChI=1S/C12H19NO/c1-9-4-5-12(10(2)6-9)7-13-11(3)8-14/h4-6,11,13-14H,7-8H2,1-3H3/t11-/m0/s1. The van der Waals surface area contributed by atoms with Gasteiger partial charge in [0.15, 0.2) is 0 Å². The van der Waals surface area contributed by atoms with Crippen LogP contribution in [0.15, 0.2) is 18.2 Å². The van der Waals surface area contributed by atoms with Gasteiger partial charge in [-0.3, -0.25) is 0 Å². The quantitative estimate of drug-likeness (QED) is 0.764. The van der Waals surface area contributed by atoms with Crippen LogP contribution in [0, 0.1) is 13.8 Å². The highest BCUT2D eigenvalue weighted by atomic mass is 16.3. The van der Waals surface area contributed by atoms with E-state index in [1.54, 1.807) is 0 Å². The number of nitrogens with one attached hydrogen (secondary N) is 1. The first kappa shape index (κ1) is 11.2. The number of rotatable bonds is 4. The van der Waals surface area contributed by atoms with Crippen molar-refractivity contribution in [1.82, 2.24) is 5.32 Å². The Kier molecular flexibility index (Phi) is 4.11. The van der Waals surface area contributed by atoms with Crippen molar-refractivity contribution in [2.24, 2.45) is 0 Å². The summed E-state index contributed by atoms with van der Waals surface area (Å²) in [4.78, 5) is 0. The Balaban J connectivity index is 2.59. The lowest BCUT2D eigenvalue weighted by molar-refractivity contribution is 0.251. The summed E-state index contributed by atoms with van der Waals surface area (Å²) in [7, 11) is 0. The fourth-order valence-corrected chi connectivity index (χ4v) is 1.39. The first-order valence-corrected chi connectivity index (χ1v) is 5.04. The molecular weight excluding hydrogens is 174 g/mol. The summed E-state index contributed by atoms with van der Waals surface area (Å²) in [6, 6.07) is 6.60. The van der Waals surface area contributed by atoms with E-state index in [4.69, 9.17) is 5.11 Å². The smallest absolute Gasteiger partial charge is 0.0582 e. The van der Waals surface area contributed by atoms with E-state index in [0.29, 0.717) is 0 Å². The molecule has 0 aliphatic heterocycles. The molecule has 0 amide bonds. The summed E-state index contributed by atoms with van der Waals surface area (Å²) < 4.78 is 0. The maximum atomic E-state index is 8.86. The van der Waals surface area contributed by atoms with Crippen molar-refractivity contribution in [3.05, 3.63) is 34.9 Å². The summed E-state index contributed by atoms with van der Waals surface area (Å²) in [5.74, 6) is 0. The van der Waals surface area contributed by atoms with E-state index in [0.717, 1.165) is 6.54 Å². The minimum absolute atomic E-state index is 0.163. The van der Waals surface area contributed by atoms with Gasteiger partial charge in [-0.25, -0.2) is 0 Å². The number of hydrogen-bond donors (Lipinski definition) is 2. The third kappa shape index (κ3) is 3.13. The van der Waals surface area contributed by atoms with Crippen LogP contribution >= 0.6 is 0 Å². The number of aryl methyl sites for hydroxylation is 2. The lowest BCUT2D eigenvalue weighted by Gasteiger charge is -2.12. The van der Waals surface area contributed by atoms with Gasteiger partial charge in [0.1, 0.15) is 0 Å². The molecular formula is C12H19NO. The lowest BCUT2D eigenvalue weighted by atomic mass is 10.1. The molecule has 0 saturated carbocycles. The predicted octanol–water partition coefficient (Wildman–Crippen LogP) is 1.77. The maximum absolute atomic E-state index is 8.86. The number of benzene rings is 1. The molecule has 1 atom stereocenters. The topological polar surface area (TPSA) is 32.3 Å². The van der Waals surface area contributed by atoms with Crippen LogP contribution in [0.4, 0.5) is 0 Å². The first-order chi connectivity index (χ1) is 6.63. The Labute approximate surface area is 86.0 Å². The third-order valence-electron chi connectivity index (χ3n) is 2.41. The van der Waals surface area contributed by atoms with E-state index >= 15 is 0 Å². The van der Waals surface area contributed by atoms with Crippen LogP contribution in [0.1, 0.15) is 23.6 Å². The summed E-state index contributed by atoms with van der Waals surface area (Å²) in [5, 5.41) is 12.1. The molecule has 1 rings (SSSR count). The van der Waals surface area contributed by atoms with E-state index in [1.165, 1.54) is 16.7 Å². The van der Waals surface area contributed by atoms with Gasteiger partial charge >= 0.3 is 0 Å². The zero-order valence-electron chi connectivity index (χ0n) is 9.17. The van der Waals surface area contributed by atoms with E-state index in [1.807, 2.05) is 6.92 Å². The second-order valence-corrected chi connectivity index (χ2v) is 3.89. The van der Waals surface area contributed by atoms with Gasteiger partial charge in [0.2, 0.25) is 0 Å². The normalized spacial score (nSPS) is 12.9. The molecule has 0 aliphatic carbocycles. The highest BCUT2D eigenvalue weighted by Crippen LogP contribution is 2.10. The van der Waals surface area contributed by atoms with Crippen molar-refractivity contribution in [1.29, 1.82) is 0 Å². The maximum Gasteiger partial charge on any atom is 0.0582 e. The molecule has 0 fully saturated rings. The predicted molar refractivity (Wildman–Crippen MR) is 59.3 cm³/mol. The van der Waals surface area contributed by atoms with Crippen LogP contribution in [0.5, 0.6) is 0 Å². The first-order valence-electron chi connectivity index (χ1n) is 5.04. The Morgan fingerprint density at radius 1 is 1.36 bits per heavy atom. The van der Waals surface area contributed by atoms with Gasteiger partial charge in [-0.1, -0.05) is 23.8 Å². The Morgan fingerprint density at radius 3 is 2.64 bits per heavy atom. The summed E-state index contributed by atoms with van der Waals surface area (Å²) in [5.41, 5.74) is 3.90. The summed E-state index contributed by atoms with van der Waals surface area (Å²) in [6.45, 7) is 7.20. The highest BCUT2D eigenvalue weighted by Gasteiger charge is 2.01. The van der Waals surface area contributed by atoms with Crippen LogP contribution < -0.4 is 5.32 Å². The highest BCUT2D eigenvalue weighted by molar-refractivity contribution is 5.30. The lowest BCUT2D eigenvalue weighted by Crippen LogP contribution is -2.28. The second kappa shape index (κ2) is 5.13. The van der Waals surface area contributed by atoms with Crippen molar-refractivity contribution in [3.8, 4) is 0 Å². The molecule has 2 heteroatoms. The Bertz CT molecular complexity index is 296. The van der Waals surface area contributed by atoms with Crippen molar-refractivity contribution in [2.45, 2.75) is 33.4 Å². The molecule has 0 saturated heterocycles. The fraction of sp³-hybridized carbons (Fsp3) is 0.500. The molecule has 0 bridgehead atoms. The largest absolute Gasteiger partial charge is 0.395 e. The van der Waals surface area contributed by atoms with E-state index in [2.05, 4.69) is 37.4 Å². The molecule has 0 aromatic heterocycles. The van der Waals surface area contributed by atoms with E-state index in [9.17, 15) is 0 Å². The molecule has 78 valence electrons. The minimum Gasteiger partial charge on any atom is -0.395 e. The molecule has 0 unspecified atom stereocenters. The number of hydrogen-bond acceptors (Lipinski definition) is 2. The monoisotopic (exact) mass is 193 g/mol. The Morgan fingerprint density at radius 2 is 2.07 bits per heavy atom. The SMILES string of the molecule is Cc1ccc(CN[C@@H](C)CO)c(C)c1. The minimum atomic E-state index is 0.163. The molecule has 1 aromatic carbocycles. The summed E-state index contributed by atoms with van der Waals surface area (Å²) >= 11 is 0.